The van der Waals surface area contributed by atoms with Crippen LogP contribution in [0.25, 0.3) is 0 Å². The highest BCUT2D eigenvalue weighted by molar-refractivity contribution is 6.30. The molecule has 13 heavy (non-hydrogen) atoms. The normalized spacial score (nSPS) is 10.9. The summed E-state index contributed by atoms with van der Waals surface area (Å²) in [5.41, 5.74) is 0.556. The van der Waals surface area contributed by atoms with Gasteiger partial charge in [-0.25, -0.2) is 0 Å². The molecule has 0 radical (unpaired) electrons. The lowest BCUT2D eigenvalue weighted by atomic mass is 10.2. The number of aliphatic hydroxyl groups excluding tert-OH is 1. The van der Waals surface area contributed by atoms with Crippen LogP contribution in [0.3, 0.4) is 0 Å². The van der Waals surface area contributed by atoms with Crippen LogP contribution in [0.4, 0.5) is 0 Å². The lowest BCUT2D eigenvalue weighted by Gasteiger charge is -1.98. The van der Waals surface area contributed by atoms with E-state index < -0.39 is 0 Å². The summed E-state index contributed by atoms with van der Waals surface area (Å²) in [6.45, 7) is 0.323. The third-order valence-electron chi connectivity index (χ3n) is 1.45. The van der Waals surface area contributed by atoms with Crippen LogP contribution < -0.4 is 0 Å². The average molecular weight is 200 g/mol. The van der Waals surface area contributed by atoms with Crippen LogP contribution in [-0.4, -0.2) is 29.6 Å². The molecular weight excluding hydrogens is 190 g/mol. The van der Waals surface area contributed by atoms with Gasteiger partial charge in [0.2, 0.25) is 0 Å². The van der Waals surface area contributed by atoms with Crippen molar-refractivity contribution in [3.63, 3.8) is 0 Å². The number of aromatic hydroxyl groups is 1. The maximum absolute atomic E-state index is 9.32. The molecule has 0 aliphatic rings. The van der Waals surface area contributed by atoms with Crippen molar-refractivity contribution < 1.29 is 10.2 Å². The Balaban J connectivity index is 2.81. The maximum Gasteiger partial charge on any atom is 0.124 e. The second-order valence-corrected chi connectivity index (χ2v) is 2.90. The van der Waals surface area contributed by atoms with E-state index in [1.807, 2.05) is 0 Å². The first-order valence-electron chi connectivity index (χ1n) is 3.83. The van der Waals surface area contributed by atoms with Gasteiger partial charge in [-0.3, -0.25) is 4.99 Å². The van der Waals surface area contributed by atoms with E-state index in [0.717, 1.165) is 0 Å². The molecule has 4 heteroatoms. The van der Waals surface area contributed by atoms with Crippen LogP contribution in [0, 0.1) is 0 Å². The molecule has 0 aliphatic heterocycles. The van der Waals surface area contributed by atoms with Gasteiger partial charge >= 0.3 is 0 Å². The lowest BCUT2D eigenvalue weighted by molar-refractivity contribution is 0.307. The molecule has 0 fully saturated rings. The van der Waals surface area contributed by atoms with Crippen LogP contribution in [-0.2, 0) is 0 Å². The number of hydrogen-bond donors (Lipinski definition) is 2. The van der Waals surface area contributed by atoms with Gasteiger partial charge in [0.15, 0.2) is 0 Å². The summed E-state index contributed by atoms with van der Waals surface area (Å²) in [5, 5.41) is 18.3. The highest BCUT2D eigenvalue weighted by atomic mass is 35.5. The summed E-state index contributed by atoms with van der Waals surface area (Å²) >= 11 is 5.71. The van der Waals surface area contributed by atoms with Crippen molar-refractivity contribution in [3.8, 4) is 5.75 Å². The molecule has 0 bridgehead atoms. The minimum absolute atomic E-state index is 0.00216. The lowest BCUT2D eigenvalue weighted by Crippen LogP contribution is -1.89. The van der Waals surface area contributed by atoms with Gasteiger partial charge in [0.1, 0.15) is 5.75 Å². The minimum Gasteiger partial charge on any atom is -0.507 e. The van der Waals surface area contributed by atoms with Gasteiger partial charge in [-0.05, 0) is 18.2 Å². The molecule has 3 nitrogen and oxygen atoms in total. The fourth-order valence-electron chi connectivity index (χ4n) is 0.849. The molecule has 1 rings (SSSR count). The molecular formula is C9H10ClNO2. The Hall–Kier alpha value is -1.06. The van der Waals surface area contributed by atoms with E-state index in [-0.39, 0.29) is 12.4 Å². The molecule has 0 aromatic heterocycles. The second kappa shape index (κ2) is 4.84. The predicted octanol–water partition coefficient (Wildman–Crippen LogP) is 1.46. The summed E-state index contributed by atoms with van der Waals surface area (Å²) in [7, 11) is 0. The SMILES string of the molecule is OCCN=Cc1cc(Cl)ccc1O. The maximum atomic E-state index is 9.32. The van der Waals surface area contributed by atoms with Crippen molar-refractivity contribution in [1.29, 1.82) is 0 Å². The largest absolute Gasteiger partial charge is 0.507 e. The van der Waals surface area contributed by atoms with Crippen LogP contribution in [0.1, 0.15) is 5.56 Å². The van der Waals surface area contributed by atoms with Gasteiger partial charge in [0.05, 0.1) is 13.2 Å². The van der Waals surface area contributed by atoms with E-state index in [9.17, 15) is 5.11 Å². The third-order valence-corrected chi connectivity index (χ3v) is 1.68. The zero-order chi connectivity index (χ0) is 9.68. The zero-order valence-corrected chi connectivity index (χ0v) is 7.70. The molecule has 0 spiro atoms. The van der Waals surface area contributed by atoms with Gasteiger partial charge in [-0.1, -0.05) is 11.6 Å². The highest BCUT2D eigenvalue weighted by Gasteiger charge is 1.97. The molecule has 2 N–H and O–H groups in total. The van der Waals surface area contributed by atoms with E-state index in [1.54, 1.807) is 12.1 Å². The van der Waals surface area contributed by atoms with Crippen molar-refractivity contribution in [2.45, 2.75) is 0 Å². The summed E-state index contributed by atoms with van der Waals surface area (Å²) < 4.78 is 0. The number of phenols is 1. The van der Waals surface area contributed by atoms with Gasteiger partial charge in [0, 0.05) is 16.8 Å². The summed E-state index contributed by atoms with van der Waals surface area (Å²) in [6, 6.07) is 4.71. The van der Waals surface area contributed by atoms with Crippen LogP contribution in [0.5, 0.6) is 5.75 Å². The van der Waals surface area contributed by atoms with Gasteiger partial charge < -0.3 is 10.2 Å². The van der Waals surface area contributed by atoms with Crippen LogP contribution >= 0.6 is 11.6 Å². The molecule has 0 unspecified atom stereocenters. The number of benzene rings is 1. The minimum atomic E-state index is -0.00216. The predicted molar refractivity (Wildman–Crippen MR) is 52.7 cm³/mol. The number of aliphatic imine (C=N–C) groups is 1. The first kappa shape index (κ1) is 10.0. The number of rotatable bonds is 3. The Morgan fingerprint density at radius 2 is 2.23 bits per heavy atom. The summed E-state index contributed by atoms with van der Waals surface area (Å²) in [4.78, 5) is 3.87. The Labute approximate surface area is 81.3 Å². The topological polar surface area (TPSA) is 52.8 Å². The van der Waals surface area contributed by atoms with E-state index in [0.29, 0.717) is 17.1 Å². The molecule has 0 atom stereocenters. The van der Waals surface area contributed by atoms with E-state index >= 15 is 0 Å². The van der Waals surface area contributed by atoms with Crippen LogP contribution in [0.15, 0.2) is 23.2 Å². The molecule has 0 heterocycles. The first-order valence-corrected chi connectivity index (χ1v) is 4.21. The van der Waals surface area contributed by atoms with Crippen molar-refractivity contribution in [1.82, 2.24) is 0 Å². The molecule has 0 amide bonds. The number of phenolic OH excluding ortho intramolecular Hbond substituents is 1. The molecule has 70 valence electrons. The molecule has 0 saturated carbocycles. The van der Waals surface area contributed by atoms with E-state index in [1.165, 1.54) is 12.3 Å². The Morgan fingerprint density at radius 3 is 2.92 bits per heavy atom. The Kier molecular flexibility index (Phi) is 3.73. The summed E-state index contributed by atoms with van der Waals surface area (Å²) in [5.74, 6) is 0.131. The van der Waals surface area contributed by atoms with Crippen LogP contribution in [0.2, 0.25) is 5.02 Å². The van der Waals surface area contributed by atoms with Gasteiger partial charge in [-0.15, -0.1) is 0 Å². The van der Waals surface area contributed by atoms with E-state index in [4.69, 9.17) is 16.7 Å². The average Bonchev–Trinajstić information content (AvgIpc) is 2.11. The number of nitrogens with zero attached hydrogens (tertiary/aromatic N) is 1. The summed E-state index contributed by atoms with van der Waals surface area (Å²) in [6.07, 6.45) is 1.48. The molecule has 0 aliphatic carbocycles. The number of aliphatic hydroxyl groups is 1. The third kappa shape index (κ3) is 3.05. The first-order chi connectivity index (χ1) is 6.24. The second-order valence-electron chi connectivity index (χ2n) is 2.46. The fourth-order valence-corrected chi connectivity index (χ4v) is 1.03. The zero-order valence-electron chi connectivity index (χ0n) is 6.94. The van der Waals surface area contributed by atoms with Crippen molar-refractivity contribution in [3.05, 3.63) is 28.8 Å². The number of halogens is 1. The van der Waals surface area contributed by atoms with Gasteiger partial charge in [0.25, 0.3) is 0 Å². The highest BCUT2D eigenvalue weighted by Crippen LogP contribution is 2.19. The molecule has 1 aromatic rings. The van der Waals surface area contributed by atoms with Crippen molar-refractivity contribution >= 4 is 17.8 Å². The molecule has 1 aromatic carbocycles. The van der Waals surface area contributed by atoms with E-state index in [2.05, 4.69) is 4.99 Å². The Morgan fingerprint density at radius 1 is 1.46 bits per heavy atom. The monoisotopic (exact) mass is 199 g/mol. The number of hydrogen-bond acceptors (Lipinski definition) is 3. The van der Waals surface area contributed by atoms with Gasteiger partial charge in [-0.2, -0.15) is 0 Å². The Bertz CT molecular complexity index is 312. The van der Waals surface area contributed by atoms with Crippen molar-refractivity contribution in [2.24, 2.45) is 4.99 Å². The standard InChI is InChI=1S/C9H10ClNO2/c10-8-1-2-9(13)7(5-8)6-11-3-4-12/h1-2,5-6,12-13H,3-4H2. The quantitative estimate of drug-likeness (QED) is 0.725. The van der Waals surface area contributed by atoms with Crippen molar-refractivity contribution in [2.75, 3.05) is 13.2 Å². The molecule has 0 saturated heterocycles. The fraction of sp³-hybridized carbons (Fsp3) is 0.222. The smallest absolute Gasteiger partial charge is 0.124 e.